The van der Waals surface area contributed by atoms with Crippen LogP contribution < -0.4 is 16.0 Å². The lowest BCUT2D eigenvalue weighted by Crippen LogP contribution is -2.57. The van der Waals surface area contributed by atoms with Crippen LogP contribution in [0.3, 0.4) is 0 Å². The molecule has 1 aliphatic carbocycles. The molecular weight excluding hydrogens is 409 g/mol. The Morgan fingerprint density at radius 2 is 2.00 bits per heavy atom. The number of rotatable bonds is 7. The zero-order valence-corrected chi connectivity index (χ0v) is 17.5. The Morgan fingerprint density at radius 3 is 2.65 bits per heavy atom. The molecule has 3 N–H and O–H groups in total. The van der Waals surface area contributed by atoms with E-state index in [1.165, 1.54) is 0 Å². The smallest absolute Gasteiger partial charge is 0.348 e. The molecule has 170 valence electrons. The number of piperidine rings is 1. The summed E-state index contributed by atoms with van der Waals surface area (Å²) in [5.74, 6) is -0.225. The summed E-state index contributed by atoms with van der Waals surface area (Å²) >= 11 is 0. The second-order valence-corrected chi connectivity index (χ2v) is 8.55. The summed E-state index contributed by atoms with van der Waals surface area (Å²) in [5, 5.41) is 18.4. The van der Waals surface area contributed by atoms with Crippen molar-refractivity contribution in [3.05, 3.63) is 18.0 Å². The van der Waals surface area contributed by atoms with Gasteiger partial charge in [0.1, 0.15) is 11.7 Å². The summed E-state index contributed by atoms with van der Waals surface area (Å²) in [5.41, 5.74) is -1.68. The molecule has 2 aliphatic rings. The Labute approximate surface area is 180 Å². The fraction of sp³-hybridized carbons (Fsp3) is 0.714. The number of carbonyl (C=O) groups excluding carboxylic acids is 1. The number of nitriles is 1. The van der Waals surface area contributed by atoms with E-state index in [0.717, 1.165) is 44.4 Å². The minimum absolute atomic E-state index is 0.191. The van der Waals surface area contributed by atoms with Crippen LogP contribution in [-0.4, -0.2) is 40.5 Å². The lowest BCUT2D eigenvalue weighted by Gasteiger charge is -2.38. The minimum atomic E-state index is -4.59. The van der Waals surface area contributed by atoms with Crippen LogP contribution in [0.25, 0.3) is 0 Å². The number of amides is 1. The van der Waals surface area contributed by atoms with E-state index in [0.29, 0.717) is 38.3 Å². The zero-order valence-electron chi connectivity index (χ0n) is 17.5. The molecule has 1 atom stereocenters. The number of nitrogens with zero attached hydrogens (tertiary/aromatic N) is 3. The summed E-state index contributed by atoms with van der Waals surface area (Å²) in [6.07, 6.45) is 3.70. The molecule has 0 bridgehead atoms. The molecule has 2 fully saturated rings. The molecule has 0 aromatic carbocycles. The molecule has 1 aliphatic heterocycles. The van der Waals surface area contributed by atoms with E-state index in [9.17, 15) is 23.2 Å². The Morgan fingerprint density at radius 1 is 1.29 bits per heavy atom. The SMILES string of the molecule is N#CCC1(NC(=O)C(CC2CCCCC2)Nc2nccc(C(F)(F)F)n2)CCNCC1. The Kier molecular flexibility index (Phi) is 7.70. The van der Waals surface area contributed by atoms with Crippen molar-refractivity contribution in [1.82, 2.24) is 20.6 Å². The molecule has 0 radical (unpaired) electrons. The molecule has 2 heterocycles. The number of anilines is 1. The maximum atomic E-state index is 13.3. The number of alkyl halides is 3. The van der Waals surface area contributed by atoms with Gasteiger partial charge in [0.15, 0.2) is 0 Å². The number of hydrogen-bond acceptors (Lipinski definition) is 6. The van der Waals surface area contributed by atoms with Crippen LogP contribution in [0.2, 0.25) is 0 Å². The number of hydrogen-bond donors (Lipinski definition) is 3. The zero-order chi connectivity index (χ0) is 22.3. The quantitative estimate of drug-likeness (QED) is 0.603. The van der Waals surface area contributed by atoms with Gasteiger partial charge in [0.25, 0.3) is 0 Å². The molecular formula is C21H29F3N6O. The van der Waals surface area contributed by atoms with Crippen molar-refractivity contribution in [3.8, 4) is 6.07 Å². The van der Waals surface area contributed by atoms with Gasteiger partial charge in [0.2, 0.25) is 11.9 Å². The average molecular weight is 438 g/mol. The minimum Gasteiger partial charge on any atom is -0.348 e. The van der Waals surface area contributed by atoms with E-state index in [2.05, 4.69) is 32.0 Å². The number of carbonyl (C=O) groups is 1. The summed E-state index contributed by atoms with van der Waals surface area (Å²) in [7, 11) is 0. The first-order valence-electron chi connectivity index (χ1n) is 10.9. The van der Waals surface area contributed by atoms with Gasteiger partial charge < -0.3 is 16.0 Å². The maximum Gasteiger partial charge on any atom is 0.433 e. The van der Waals surface area contributed by atoms with Crippen molar-refractivity contribution in [1.29, 1.82) is 5.26 Å². The molecule has 7 nitrogen and oxygen atoms in total. The fourth-order valence-electron chi connectivity index (χ4n) is 4.48. The van der Waals surface area contributed by atoms with Gasteiger partial charge >= 0.3 is 6.18 Å². The second kappa shape index (κ2) is 10.3. The van der Waals surface area contributed by atoms with E-state index >= 15 is 0 Å². The summed E-state index contributed by atoms with van der Waals surface area (Å²) < 4.78 is 39.1. The van der Waals surface area contributed by atoms with Gasteiger partial charge in [-0.3, -0.25) is 4.79 Å². The first-order chi connectivity index (χ1) is 14.8. The first kappa shape index (κ1) is 23.3. The monoisotopic (exact) mass is 438 g/mol. The first-order valence-corrected chi connectivity index (χ1v) is 10.9. The maximum absolute atomic E-state index is 13.3. The largest absolute Gasteiger partial charge is 0.433 e. The molecule has 1 aromatic heterocycles. The molecule has 1 amide bonds. The van der Waals surface area contributed by atoms with Crippen LogP contribution in [0, 0.1) is 17.2 Å². The van der Waals surface area contributed by atoms with E-state index in [4.69, 9.17) is 0 Å². The van der Waals surface area contributed by atoms with E-state index in [-0.39, 0.29) is 18.3 Å². The van der Waals surface area contributed by atoms with Crippen LogP contribution in [0.5, 0.6) is 0 Å². The molecule has 10 heteroatoms. The third kappa shape index (κ3) is 6.53. The lowest BCUT2D eigenvalue weighted by atomic mass is 9.83. The molecule has 0 spiro atoms. The molecule has 31 heavy (non-hydrogen) atoms. The third-order valence-corrected chi connectivity index (χ3v) is 6.23. The molecule has 1 saturated heterocycles. The number of halogens is 3. The number of nitrogens with one attached hydrogen (secondary N) is 3. The topological polar surface area (TPSA) is 103 Å². The van der Waals surface area contributed by atoms with E-state index < -0.39 is 23.5 Å². The van der Waals surface area contributed by atoms with Gasteiger partial charge in [-0.05, 0) is 44.3 Å². The lowest BCUT2D eigenvalue weighted by molar-refractivity contribution is -0.141. The van der Waals surface area contributed by atoms with Gasteiger partial charge in [-0.15, -0.1) is 0 Å². The Balaban J connectivity index is 1.78. The van der Waals surface area contributed by atoms with Crippen molar-refractivity contribution in [2.45, 2.75) is 75.5 Å². The van der Waals surface area contributed by atoms with Gasteiger partial charge in [0.05, 0.1) is 18.0 Å². The molecule has 1 saturated carbocycles. The normalized spacial score (nSPS) is 20.5. The summed E-state index contributed by atoms with van der Waals surface area (Å²) in [6, 6.07) is 2.20. The highest BCUT2D eigenvalue weighted by atomic mass is 19.4. The highest BCUT2D eigenvalue weighted by Crippen LogP contribution is 2.30. The van der Waals surface area contributed by atoms with Crippen molar-refractivity contribution in [2.75, 3.05) is 18.4 Å². The van der Waals surface area contributed by atoms with Crippen LogP contribution in [0.15, 0.2) is 12.3 Å². The predicted octanol–water partition coefficient (Wildman–Crippen LogP) is 3.40. The van der Waals surface area contributed by atoms with Gasteiger partial charge in [-0.2, -0.15) is 18.4 Å². The van der Waals surface area contributed by atoms with Gasteiger partial charge in [0, 0.05) is 6.20 Å². The van der Waals surface area contributed by atoms with Crippen molar-refractivity contribution in [3.63, 3.8) is 0 Å². The standard InChI is InChI=1S/C21H29F3N6O/c22-21(23,24)17-6-11-27-19(29-17)28-16(14-15-4-2-1-3-5-15)18(31)30-20(7-10-25)8-12-26-13-9-20/h6,11,15-16,26H,1-5,7-9,12-14H2,(H,30,31)(H,27,28,29). The Bertz CT molecular complexity index is 782. The fourth-order valence-corrected chi connectivity index (χ4v) is 4.48. The molecule has 3 rings (SSSR count). The van der Waals surface area contributed by atoms with Crippen molar-refractivity contribution in [2.24, 2.45) is 5.92 Å². The van der Waals surface area contributed by atoms with Crippen molar-refractivity contribution < 1.29 is 18.0 Å². The average Bonchev–Trinajstić information content (AvgIpc) is 2.74. The van der Waals surface area contributed by atoms with Gasteiger partial charge in [-0.1, -0.05) is 32.1 Å². The van der Waals surface area contributed by atoms with Crippen LogP contribution in [0.1, 0.15) is 63.5 Å². The van der Waals surface area contributed by atoms with Crippen molar-refractivity contribution >= 4 is 11.9 Å². The van der Waals surface area contributed by atoms with E-state index in [1.807, 2.05) is 0 Å². The molecule has 1 aromatic rings. The molecule has 1 unspecified atom stereocenters. The number of aromatic nitrogens is 2. The predicted molar refractivity (Wildman–Crippen MR) is 109 cm³/mol. The highest BCUT2D eigenvalue weighted by molar-refractivity contribution is 5.85. The van der Waals surface area contributed by atoms with E-state index in [1.54, 1.807) is 0 Å². The van der Waals surface area contributed by atoms with Crippen LogP contribution in [-0.2, 0) is 11.0 Å². The highest BCUT2D eigenvalue weighted by Gasteiger charge is 2.37. The third-order valence-electron chi connectivity index (χ3n) is 6.23. The van der Waals surface area contributed by atoms with Crippen LogP contribution >= 0.6 is 0 Å². The Hall–Kier alpha value is -2.41. The summed E-state index contributed by atoms with van der Waals surface area (Å²) in [4.78, 5) is 20.7. The summed E-state index contributed by atoms with van der Waals surface area (Å²) in [6.45, 7) is 1.39. The van der Waals surface area contributed by atoms with Gasteiger partial charge in [-0.25, -0.2) is 9.97 Å². The van der Waals surface area contributed by atoms with Crippen LogP contribution in [0.4, 0.5) is 19.1 Å². The second-order valence-electron chi connectivity index (χ2n) is 8.55.